The van der Waals surface area contributed by atoms with Crippen molar-refractivity contribution in [3.05, 3.63) is 0 Å². The van der Waals surface area contributed by atoms with Gasteiger partial charge in [0, 0.05) is 12.5 Å². The molecule has 12 heavy (non-hydrogen) atoms. The third kappa shape index (κ3) is 1.76. The Hall–Kier alpha value is -0.180. The lowest BCUT2D eigenvalue weighted by atomic mass is 9.93. The topological polar surface area (TPSA) is 29.1 Å². The monoisotopic (exact) mass is 185 g/mol. The van der Waals surface area contributed by atoms with Crippen LogP contribution in [0.25, 0.3) is 0 Å². The summed E-state index contributed by atoms with van der Waals surface area (Å²) >= 11 is 2.05. The van der Waals surface area contributed by atoms with Crippen LogP contribution in [0, 0.1) is 5.92 Å². The van der Waals surface area contributed by atoms with Gasteiger partial charge in [0.05, 0.1) is 0 Å². The fourth-order valence-corrected chi connectivity index (χ4v) is 3.25. The van der Waals surface area contributed by atoms with Crippen LogP contribution in [-0.4, -0.2) is 23.5 Å². The van der Waals surface area contributed by atoms with Crippen molar-refractivity contribution in [1.29, 1.82) is 0 Å². The van der Waals surface area contributed by atoms with Crippen LogP contribution >= 0.6 is 11.8 Å². The second-order valence-electron chi connectivity index (χ2n) is 3.66. The minimum Gasteiger partial charge on any atom is -0.353 e. The number of carbonyl (C=O) groups is 1. The number of rotatable bonds is 1. The minimum absolute atomic E-state index is 0.262. The Morgan fingerprint density at radius 3 is 2.58 bits per heavy atom. The number of amides is 1. The molecule has 0 bridgehead atoms. The Morgan fingerprint density at radius 2 is 2.00 bits per heavy atom. The highest BCUT2D eigenvalue weighted by atomic mass is 32.2. The maximum Gasteiger partial charge on any atom is 0.220 e. The molecule has 2 fully saturated rings. The van der Waals surface area contributed by atoms with Crippen molar-refractivity contribution in [3.8, 4) is 0 Å². The molecule has 3 heteroatoms. The number of hydrogen-bond acceptors (Lipinski definition) is 2. The first-order valence-corrected chi connectivity index (χ1v) is 5.89. The molecular weight excluding hydrogens is 170 g/mol. The molecule has 0 aliphatic carbocycles. The van der Waals surface area contributed by atoms with E-state index in [2.05, 4.69) is 5.32 Å². The number of thioether (sulfide) groups is 1. The van der Waals surface area contributed by atoms with Crippen molar-refractivity contribution in [1.82, 2.24) is 5.32 Å². The molecule has 0 spiro atoms. The average molecular weight is 185 g/mol. The van der Waals surface area contributed by atoms with E-state index in [1.807, 2.05) is 11.8 Å². The van der Waals surface area contributed by atoms with Gasteiger partial charge in [0.1, 0.15) is 0 Å². The molecule has 0 aromatic heterocycles. The predicted octanol–water partition coefficient (Wildman–Crippen LogP) is 1.41. The van der Waals surface area contributed by atoms with Gasteiger partial charge in [0.15, 0.2) is 0 Å². The van der Waals surface area contributed by atoms with Gasteiger partial charge in [-0.1, -0.05) is 0 Å². The highest BCUT2D eigenvalue weighted by Crippen LogP contribution is 2.29. The summed E-state index contributed by atoms with van der Waals surface area (Å²) in [5.74, 6) is 3.62. The average Bonchev–Trinajstić information content (AvgIpc) is 2.54. The van der Waals surface area contributed by atoms with E-state index in [9.17, 15) is 4.79 Å². The van der Waals surface area contributed by atoms with Gasteiger partial charge in [-0.15, -0.1) is 0 Å². The van der Waals surface area contributed by atoms with E-state index < -0.39 is 0 Å². The first kappa shape index (κ1) is 8.42. The second kappa shape index (κ2) is 3.69. The minimum atomic E-state index is 0.262. The summed E-state index contributed by atoms with van der Waals surface area (Å²) in [5.41, 5.74) is 0. The molecule has 2 rings (SSSR count). The molecule has 1 atom stereocenters. The summed E-state index contributed by atoms with van der Waals surface area (Å²) in [6.45, 7) is 0. The third-order valence-electron chi connectivity index (χ3n) is 2.86. The molecule has 1 N–H and O–H groups in total. The largest absolute Gasteiger partial charge is 0.353 e. The Balaban J connectivity index is 1.86. The summed E-state index contributed by atoms with van der Waals surface area (Å²) in [5, 5.41) is 3.08. The van der Waals surface area contributed by atoms with Crippen LogP contribution in [0.4, 0.5) is 0 Å². The van der Waals surface area contributed by atoms with Gasteiger partial charge in [-0.25, -0.2) is 0 Å². The van der Waals surface area contributed by atoms with E-state index in [-0.39, 0.29) is 5.91 Å². The van der Waals surface area contributed by atoms with E-state index >= 15 is 0 Å². The fraction of sp³-hybridized carbons (Fsp3) is 0.889. The molecule has 2 nitrogen and oxygen atoms in total. The zero-order valence-corrected chi connectivity index (χ0v) is 8.03. The molecule has 2 saturated heterocycles. The van der Waals surface area contributed by atoms with Gasteiger partial charge in [-0.2, -0.15) is 11.8 Å². The molecule has 0 radical (unpaired) electrons. The molecule has 68 valence electrons. The standard InChI is InChI=1S/C9H15NOS/c11-9-2-1-8(10-9)7-3-5-12-6-4-7/h7-8H,1-6H2,(H,10,11). The van der Waals surface area contributed by atoms with Crippen LogP contribution in [0.2, 0.25) is 0 Å². The summed E-state index contributed by atoms with van der Waals surface area (Å²) in [4.78, 5) is 11.0. The summed E-state index contributed by atoms with van der Waals surface area (Å²) < 4.78 is 0. The zero-order chi connectivity index (χ0) is 8.39. The van der Waals surface area contributed by atoms with Crippen molar-refractivity contribution < 1.29 is 4.79 Å². The fourth-order valence-electron chi connectivity index (χ4n) is 2.11. The molecule has 1 unspecified atom stereocenters. The molecule has 2 aliphatic rings. The normalized spacial score (nSPS) is 32.0. The number of hydrogen-bond donors (Lipinski definition) is 1. The van der Waals surface area contributed by atoms with E-state index in [0.717, 1.165) is 18.8 Å². The predicted molar refractivity (Wildman–Crippen MR) is 51.2 cm³/mol. The van der Waals surface area contributed by atoms with Crippen molar-refractivity contribution in [2.45, 2.75) is 31.7 Å². The number of carbonyl (C=O) groups excluding carboxylic acids is 1. The Kier molecular flexibility index (Phi) is 2.59. The van der Waals surface area contributed by atoms with Crippen molar-refractivity contribution in [2.75, 3.05) is 11.5 Å². The van der Waals surface area contributed by atoms with Gasteiger partial charge < -0.3 is 5.32 Å². The van der Waals surface area contributed by atoms with Gasteiger partial charge in [-0.05, 0) is 36.7 Å². The molecule has 0 saturated carbocycles. The van der Waals surface area contributed by atoms with Crippen LogP contribution in [-0.2, 0) is 4.79 Å². The Labute approximate surface area is 77.5 Å². The van der Waals surface area contributed by atoms with Gasteiger partial charge in [0.2, 0.25) is 5.91 Å². The van der Waals surface area contributed by atoms with Crippen LogP contribution in [0.1, 0.15) is 25.7 Å². The lowest BCUT2D eigenvalue weighted by Gasteiger charge is -2.26. The smallest absolute Gasteiger partial charge is 0.220 e. The third-order valence-corrected chi connectivity index (χ3v) is 3.91. The van der Waals surface area contributed by atoms with E-state index in [1.165, 1.54) is 24.3 Å². The summed E-state index contributed by atoms with van der Waals surface area (Å²) in [7, 11) is 0. The summed E-state index contributed by atoms with van der Waals surface area (Å²) in [6, 6.07) is 0.512. The van der Waals surface area contributed by atoms with Gasteiger partial charge in [-0.3, -0.25) is 4.79 Å². The zero-order valence-electron chi connectivity index (χ0n) is 7.21. The molecule has 2 aliphatic heterocycles. The first-order valence-electron chi connectivity index (χ1n) is 4.73. The van der Waals surface area contributed by atoms with Gasteiger partial charge in [0.25, 0.3) is 0 Å². The van der Waals surface area contributed by atoms with Crippen molar-refractivity contribution >= 4 is 17.7 Å². The molecule has 1 amide bonds. The molecule has 2 heterocycles. The Bertz CT molecular complexity index is 177. The molecular formula is C9H15NOS. The van der Waals surface area contributed by atoms with Crippen LogP contribution in [0.3, 0.4) is 0 Å². The Morgan fingerprint density at radius 1 is 1.25 bits per heavy atom. The molecule has 0 aromatic carbocycles. The maximum absolute atomic E-state index is 11.0. The SMILES string of the molecule is O=C1CCC(C2CCSCC2)N1. The maximum atomic E-state index is 11.0. The summed E-state index contributed by atoms with van der Waals surface area (Å²) in [6.07, 6.45) is 4.44. The van der Waals surface area contributed by atoms with E-state index in [4.69, 9.17) is 0 Å². The van der Waals surface area contributed by atoms with E-state index in [1.54, 1.807) is 0 Å². The number of nitrogens with one attached hydrogen (secondary N) is 1. The molecule has 0 aromatic rings. The lowest BCUT2D eigenvalue weighted by Crippen LogP contribution is -2.34. The highest BCUT2D eigenvalue weighted by molar-refractivity contribution is 7.99. The van der Waals surface area contributed by atoms with E-state index in [0.29, 0.717) is 6.04 Å². The van der Waals surface area contributed by atoms with Crippen LogP contribution < -0.4 is 5.32 Å². The lowest BCUT2D eigenvalue weighted by molar-refractivity contribution is -0.119. The quantitative estimate of drug-likeness (QED) is 0.669. The van der Waals surface area contributed by atoms with Crippen molar-refractivity contribution in [3.63, 3.8) is 0 Å². The van der Waals surface area contributed by atoms with Crippen LogP contribution in [0.15, 0.2) is 0 Å². The first-order chi connectivity index (χ1) is 5.86. The van der Waals surface area contributed by atoms with Gasteiger partial charge >= 0.3 is 0 Å². The highest BCUT2D eigenvalue weighted by Gasteiger charge is 2.29. The van der Waals surface area contributed by atoms with Crippen LogP contribution in [0.5, 0.6) is 0 Å². The second-order valence-corrected chi connectivity index (χ2v) is 4.89. The van der Waals surface area contributed by atoms with Crippen molar-refractivity contribution in [2.24, 2.45) is 5.92 Å².